The van der Waals surface area contributed by atoms with Crippen LogP contribution in [0.25, 0.3) is 5.76 Å². The lowest BCUT2D eigenvalue weighted by atomic mass is 9.57. The molecule has 0 heterocycles. The van der Waals surface area contributed by atoms with Crippen LogP contribution in [-0.4, -0.2) is 68.5 Å². The van der Waals surface area contributed by atoms with Crippen LogP contribution in [-0.2, 0) is 20.8 Å². The molecule has 1 aromatic carbocycles. The largest absolute Gasteiger partial charge is 0.508 e. The highest BCUT2D eigenvalue weighted by Gasteiger charge is 2.64. The summed E-state index contributed by atoms with van der Waals surface area (Å²) in [6, 6.07) is 3.91. The predicted molar refractivity (Wildman–Crippen MR) is 113 cm³/mol. The number of hydrogen-bond donors (Lipinski definition) is 5. The number of primary amides is 1. The summed E-state index contributed by atoms with van der Waals surface area (Å²) in [5.74, 6) is -6.00. The van der Waals surface area contributed by atoms with Crippen molar-refractivity contribution in [2.75, 3.05) is 14.1 Å². The lowest BCUT2D eigenvalue weighted by molar-refractivity contribution is -0.153. The van der Waals surface area contributed by atoms with Gasteiger partial charge >= 0.3 is 0 Å². The number of rotatable bonds is 3. The number of aliphatic hydroxyl groups is 4. The number of likely N-dealkylation sites (N-methyl/N-ethyl adjacent to an activating group) is 1. The van der Waals surface area contributed by atoms with Crippen LogP contribution in [0.15, 0.2) is 35.1 Å². The summed E-state index contributed by atoms with van der Waals surface area (Å²) in [4.78, 5) is 40.0. The highest BCUT2D eigenvalue weighted by Crippen LogP contribution is 2.52. The minimum absolute atomic E-state index is 0.0683. The molecule has 9 heteroatoms. The fourth-order valence-electron chi connectivity index (χ4n) is 5.59. The number of Topliss-reactive ketones (excluding diaryl/α,β-unsaturated/α-hetero) is 2. The Morgan fingerprint density at radius 2 is 1.91 bits per heavy atom. The fraction of sp³-hybridized carbons (Fsp3) is 0.435. The number of nitrogens with two attached hydrogens (primary N) is 1. The highest BCUT2D eigenvalue weighted by molar-refractivity contribution is 6.24. The SMILES string of the molecule is CC(O)c1cccc2c1C[C@H]1C[C@H]3[C@H](N(C)C)C(=O)C(C(N)=O)=C(O)[C@@]3(O)C(=O)C1=C2O. The molecule has 0 spiro atoms. The third-order valence-electron chi connectivity index (χ3n) is 6.99. The minimum atomic E-state index is -2.58. The van der Waals surface area contributed by atoms with Crippen LogP contribution in [0, 0.1) is 11.8 Å². The number of hydrogen-bond acceptors (Lipinski definition) is 8. The monoisotopic (exact) mass is 442 g/mol. The number of carbonyl (C=O) groups excluding carboxylic acids is 3. The van der Waals surface area contributed by atoms with Gasteiger partial charge in [-0.25, -0.2) is 0 Å². The number of benzene rings is 1. The second-order valence-corrected chi connectivity index (χ2v) is 9.01. The Balaban J connectivity index is 1.97. The van der Waals surface area contributed by atoms with Gasteiger partial charge in [-0.05, 0) is 50.9 Å². The molecule has 0 saturated heterocycles. The van der Waals surface area contributed by atoms with Crippen LogP contribution in [0.5, 0.6) is 0 Å². The molecular weight excluding hydrogens is 416 g/mol. The van der Waals surface area contributed by atoms with Crippen molar-refractivity contribution in [3.05, 3.63) is 51.8 Å². The lowest BCUT2D eigenvalue weighted by Crippen LogP contribution is -2.65. The molecule has 170 valence electrons. The van der Waals surface area contributed by atoms with Crippen molar-refractivity contribution >= 4 is 23.2 Å². The molecule has 1 aromatic rings. The highest BCUT2D eigenvalue weighted by atomic mass is 16.3. The molecule has 0 aliphatic heterocycles. The maximum Gasteiger partial charge on any atom is 0.255 e. The maximum atomic E-state index is 13.6. The standard InChI is InChI=1S/C23H26N2O7/c1-9(26)11-5-4-6-12-13(11)7-10-8-14-17(25(2)3)19(28)16(22(24)31)21(30)23(14,32)20(29)15(10)18(12)27/h4-6,9-10,14,17,26-27,30,32H,7-8H2,1-3H3,(H2,24,31)/t9?,10-,14-,17-,23-/m0/s1. The lowest BCUT2D eigenvalue weighted by Gasteiger charge is -2.50. The van der Waals surface area contributed by atoms with E-state index in [1.807, 2.05) is 0 Å². The third kappa shape index (κ3) is 2.78. The van der Waals surface area contributed by atoms with Gasteiger partial charge in [-0.1, -0.05) is 18.2 Å². The van der Waals surface area contributed by atoms with Crippen molar-refractivity contribution in [3.8, 4) is 0 Å². The zero-order valence-electron chi connectivity index (χ0n) is 18.0. The van der Waals surface area contributed by atoms with E-state index in [0.717, 1.165) is 0 Å². The van der Waals surface area contributed by atoms with E-state index in [1.54, 1.807) is 39.2 Å². The van der Waals surface area contributed by atoms with Gasteiger partial charge < -0.3 is 26.2 Å². The van der Waals surface area contributed by atoms with Gasteiger partial charge in [0.25, 0.3) is 5.91 Å². The second-order valence-electron chi connectivity index (χ2n) is 9.01. The molecule has 6 N–H and O–H groups in total. The summed E-state index contributed by atoms with van der Waals surface area (Å²) >= 11 is 0. The number of aliphatic hydroxyl groups excluding tert-OH is 3. The van der Waals surface area contributed by atoms with Crippen molar-refractivity contribution in [2.24, 2.45) is 17.6 Å². The van der Waals surface area contributed by atoms with E-state index >= 15 is 0 Å². The molecular formula is C23H26N2O7. The number of carbonyl (C=O) groups is 3. The van der Waals surface area contributed by atoms with E-state index in [1.165, 1.54) is 4.90 Å². The van der Waals surface area contributed by atoms with E-state index in [4.69, 9.17) is 5.73 Å². The molecule has 1 unspecified atom stereocenters. The quantitative estimate of drug-likeness (QED) is 0.418. The Hall–Kier alpha value is -3.01. The Morgan fingerprint density at radius 3 is 2.47 bits per heavy atom. The first kappa shape index (κ1) is 22.2. The van der Waals surface area contributed by atoms with Gasteiger partial charge in [0.05, 0.1) is 12.1 Å². The summed E-state index contributed by atoms with van der Waals surface area (Å²) in [7, 11) is 3.14. The first-order chi connectivity index (χ1) is 14.9. The summed E-state index contributed by atoms with van der Waals surface area (Å²) in [5.41, 5.74) is 3.51. The first-order valence-electron chi connectivity index (χ1n) is 10.4. The van der Waals surface area contributed by atoms with Crippen LogP contribution in [0.3, 0.4) is 0 Å². The molecule has 1 fully saturated rings. The minimum Gasteiger partial charge on any atom is -0.508 e. The molecule has 32 heavy (non-hydrogen) atoms. The van der Waals surface area contributed by atoms with Crippen molar-refractivity contribution in [1.29, 1.82) is 0 Å². The van der Waals surface area contributed by atoms with Crippen molar-refractivity contribution in [1.82, 2.24) is 4.90 Å². The van der Waals surface area contributed by atoms with Crippen LogP contribution >= 0.6 is 0 Å². The van der Waals surface area contributed by atoms with Gasteiger partial charge in [-0.3, -0.25) is 19.3 Å². The van der Waals surface area contributed by atoms with E-state index < -0.39 is 58.4 Å². The number of amides is 1. The molecule has 1 amide bonds. The topological polar surface area (TPSA) is 161 Å². The van der Waals surface area contributed by atoms with Crippen LogP contribution in [0.4, 0.5) is 0 Å². The molecule has 3 aliphatic rings. The fourth-order valence-corrected chi connectivity index (χ4v) is 5.59. The summed E-state index contributed by atoms with van der Waals surface area (Å²) in [6.45, 7) is 1.60. The zero-order valence-corrected chi connectivity index (χ0v) is 18.0. The van der Waals surface area contributed by atoms with E-state index in [9.17, 15) is 34.8 Å². The molecule has 4 rings (SSSR count). The van der Waals surface area contributed by atoms with Gasteiger partial charge in [0.15, 0.2) is 11.4 Å². The molecule has 9 nitrogen and oxygen atoms in total. The van der Waals surface area contributed by atoms with Gasteiger partial charge in [0.1, 0.15) is 17.1 Å². The van der Waals surface area contributed by atoms with Gasteiger partial charge in [-0.15, -0.1) is 0 Å². The molecule has 1 saturated carbocycles. The Labute approximate surface area is 184 Å². The average molecular weight is 442 g/mol. The van der Waals surface area contributed by atoms with Crippen molar-refractivity contribution in [3.63, 3.8) is 0 Å². The maximum absolute atomic E-state index is 13.6. The summed E-state index contributed by atoms with van der Waals surface area (Å²) in [6.07, 6.45) is -0.415. The molecule has 5 atom stereocenters. The molecule has 0 bridgehead atoms. The summed E-state index contributed by atoms with van der Waals surface area (Å²) in [5, 5.41) is 43.5. The Morgan fingerprint density at radius 1 is 1.25 bits per heavy atom. The van der Waals surface area contributed by atoms with Gasteiger partial charge in [0, 0.05) is 17.1 Å². The molecule has 0 radical (unpaired) electrons. The van der Waals surface area contributed by atoms with Crippen LogP contribution < -0.4 is 5.73 Å². The van der Waals surface area contributed by atoms with Crippen molar-refractivity contribution in [2.45, 2.75) is 37.5 Å². The number of fused-ring (bicyclic) bond motifs is 3. The second kappa shape index (κ2) is 7.26. The van der Waals surface area contributed by atoms with Crippen LogP contribution in [0.2, 0.25) is 0 Å². The van der Waals surface area contributed by atoms with Gasteiger partial charge in [0.2, 0.25) is 5.78 Å². The Bertz CT molecular complexity index is 1120. The zero-order chi connectivity index (χ0) is 23.7. The van der Waals surface area contributed by atoms with Crippen LogP contribution in [0.1, 0.15) is 36.1 Å². The van der Waals surface area contributed by atoms with Gasteiger partial charge in [-0.2, -0.15) is 0 Å². The van der Waals surface area contributed by atoms with E-state index in [0.29, 0.717) is 23.1 Å². The smallest absolute Gasteiger partial charge is 0.255 e. The van der Waals surface area contributed by atoms with E-state index in [2.05, 4.69) is 0 Å². The normalized spacial score (nSPS) is 30.8. The first-order valence-corrected chi connectivity index (χ1v) is 10.4. The van der Waals surface area contributed by atoms with E-state index in [-0.39, 0.29) is 17.8 Å². The predicted octanol–water partition coefficient (Wildman–Crippen LogP) is 0.312. The number of nitrogens with zero attached hydrogens (tertiary/aromatic N) is 1. The summed E-state index contributed by atoms with van der Waals surface area (Å²) < 4.78 is 0. The average Bonchev–Trinajstić information content (AvgIpc) is 2.70. The van der Waals surface area contributed by atoms with Crippen molar-refractivity contribution < 1.29 is 34.8 Å². The Kier molecular flexibility index (Phi) is 5.04. The molecule has 0 aromatic heterocycles. The molecule has 3 aliphatic carbocycles. The third-order valence-corrected chi connectivity index (χ3v) is 6.99. The number of ketones is 2.